The first-order chi connectivity index (χ1) is 10.7. The molecule has 2 bridgehead atoms. The number of fused-ring (bicyclic) bond motifs is 3. The van der Waals surface area contributed by atoms with Crippen molar-refractivity contribution >= 4 is 0 Å². The van der Waals surface area contributed by atoms with Crippen LogP contribution in [-0.2, 0) is 0 Å². The minimum Gasteiger partial charge on any atom is -0.393 e. The van der Waals surface area contributed by atoms with E-state index in [-0.39, 0.29) is 34.9 Å². The quantitative estimate of drug-likeness (QED) is 0.695. The van der Waals surface area contributed by atoms with E-state index in [0.29, 0.717) is 11.8 Å². The van der Waals surface area contributed by atoms with E-state index < -0.39 is 5.60 Å². The van der Waals surface area contributed by atoms with Crippen molar-refractivity contribution in [1.29, 1.82) is 0 Å². The van der Waals surface area contributed by atoms with Gasteiger partial charge in [-0.2, -0.15) is 0 Å². The molecule has 4 aliphatic carbocycles. The molecule has 0 aliphatic heterocycles. The van der Waals surface area contributed by atoms with Crippen molar-refractivity contribution in [3.05, 3.63) is 0 Å². The fourth-order valence-electron chi connectivity index (χ4n) is 8.30. The van der Waals surface area contributed by atoms with Crippen LogP contribution >= 0.6 is 0 Å². The first kappa shape index (κ1) is 16.4. The number of aliphatic hydroxyl groups is 3. The van der Waals surface area contributed by atoms with E-state index in [1.807, 2.05) is 0 Å². The molecule has 7 atom stereocenters. The molecular formula is C20H34O3. The van der Waals surface area contributed by atoms with Crippen molar-refractivity contribution in [2.45, 2.75) is 83.8 Å². The second kappa shape index (κ2) is 4.74. The summed E-state index contributed by atoms with van der Waals surface area (Å²) in [5.74, 6) is 1.55. The Balaban J connectivity index is 1.73. The molecule has 4 saturated carbocycles. The van der Waals surface area contributed by atoms with Crippen LogP contribution in [-0.4, -0.2) is 33.6 Å². The molecule has 0 saturated heterocycles. The van der Waals surface area contributed by atoms with Gasteiger partial charge in [-0.25, -0.2) is 0 Å². The molecule has 132 valence electrons. The van der Waals surface area contributed by atoms with E-state index in [2.05, 4.69) is 20.8 Å². The molecule has 3 N–H and O–H groups in total. The zero-order chi connectivity index (χ0) is 16.7. The van der Waals surface area contributed by atoms with E-state index in [1.165, 1.54) is 19.3 Å². The Morgan fingerprint density at radius 1 is 0.957 bits per heavy atom. The number of rotatable bonds is 1. The molecule has 4 aliphatic rings. The van der Waals surface area contributed by atoms with Gasteiger partial charge in [0, 0.05) is 0 Å². The third kappa shape index (κ3) is 2.05. The Bertz CT molecular complexity index is 503. The third-order valence-electron chi connectivity index (χ3n) is 8.79. The minimum atomic E-state index is -0.846. The van der Waals surface area contributed by atoms with Gasteiger partial charge in [0.2, 0.25) is 0 Å². The Kier molecular flexibility index (Phi) is 3.37. The van der Waals surface area contributed by atoms with Crippen LogP contribution in [0.1, 0.15) is 72.1 Å². The first-order valence-electron chi connectivity index (χ1n) is 9.67. The number of hydrogen-bond donors (Lipinski definition) is 3. The van der Waals surface area contributed by atoms with Crippen LogP contribution in [0.15, 0.2) is 0 Å². The van der Waals surface area contributed by atoms with Crippen LogP contribution in [0.4, 0.5) is 0 Å². The highest BCUT2D eigenvalue weighted by atomic mass is 16.3. The maximum absolute atomic E-state index is 10.9. The van der Waals surface area contributed by atoms with Gasteiger partial charge in [0.15, 0.2) is 0 Å². The summed E-state index contributed by atoms with van der Waals surface area (Å²) >= 11 is 0. The second-order valence-corrected chi connectivity index (χ2v) is 10.5. The van der Waals surface area contributed by atoms with Crippen molar-refractivity contribution in [3.8, 4) is 0 Å². The summed E-state index contributed by atoms with van der Waals surface area (Å²) in [7, 11) is 0. The molecular weight excluding hydrogens is 288 g/mol. The molecule has 0 amide bonds. The standard InChI is InChI=1S/C20H34O3/c1-17(2)9-14(22)10-18(3)15(17)6-7-19-8-13(4-5-16(18)19)20(23,11-19)12-21/h13-16,21-23H,4-12H2,1-3H3. The molecule has 23 heavy (non-hydrogen) atoms. The summed E-state index contributed by atoms with van der Waals surface area (Å²) in [6.07, 6.45) is 8.18. The van der Waals surface area contributed by atoms with Crippen LogP contribution in [0, 0.1) is 34.0 Å². The van der Waals surface area contributed by atoms with Crippen molar-refractivity contribution < 1.29 is 15.3 Å². The molecule has 0 heterocycles. The number of aliphatic hydroxyl groups excluding tert-OH is 2. The summed E-state index contributed by atoms with van der Waals surface area (Å²) < 4.78 is 0. The average Bonchev–Trinajstić information content (AvgIpc) is 2.64. The van der Waals surface area contributed by atoms with Crippen molar-refractivity contribution in [2.75, 3.05) is 6.61 Å². The highest BCUT2D eigenvalue weighted by Gasteiger charge is 2.67. The van der Waals surface area contributed by atoms with E-state index in [0.717, 1.165) is 32.1 Å². The van der Waals surface area contributed by atoms with Gasteiger partial charge in [0.05, 0.1) is 18.3 Å². The molecule has 4 rings (SSSR count). The molecule has 3 nitrogen and oxygen atoms in total. The van der Waals surface area contributed by atoms with Gasteiger partial charge in [-0.05, 0) is 85.4 Å². The molecule has 0 aromatic carbocycles. The highest BCUT2D eigenvalue weighted by Crippen LogP contribution is 2.72. The SMILES string of the molecule is CC1(C)CC(O)CC2(C)C1CCC13CC(CCC12)C(O)(CO)C3. The van der Waals surface area contributed by atoms with E-state index in [1.54, 1.807) is 0 Å². The lowest BCUT2D eigenvalue weighted by Gasteiger charge is -2.64. The maximum Gasteiger partial charge on any atom is 0.0910 e. The molecule has 1 spiro atoms. The Morgan fingerprint density at radius 3 is 2.39 bits per heavy atom. The van der Waals surface area contributed by atoms with Gasteiger partial charge in [-0.15, -0.1) is 0 Å². The largest absolute Gasteiger partial charge is 0.393 e. The summed E-state index contributed by atoms with van der Waals surface area (Å²) in [5.41, 5.74) is -0.249. The van der Waals surface area contributed by atoms with Crippen molar-refractivity contribution in [1.82, 2.24) is 0 Å². The predicted octanol–water partition coefficient (Wildman–Crippen LogP) is 3.11. The topological polar surface area (TPSA) is 60.7 Å². The van der Waals surface area contributed by atoms with Gasteiger partial charge in [-0.3, -0.25) is 0 Å². The lowest BCUT2D eigenvalue weighted by Crippen LogP contribution is -2.58. The van der Waals surface area contributed by atoms with Crippen LogP contribution in [0.25, 0.3) is 0 Å². The lowest BCUT2D eigenvalue weighted by molar-refractivity contribution is -0.171. The molecule has 0 radical (unpaired) electrons. The zero-order valence-electron chi connectivity index (χ0n) is 15.0. The van der Waals surface area contributed by atoms with Crippen LogP contribution in [0.2, 0.25) is 0 Å². The highest BCUT2D eigenvalue weighted by molar-refractivity contribution is 5.17. The predicted molar refractivity (Wildman–Crippen MR) is 89.8 cm³/mol. The fraction of sp³-hybridized carbons (Fsp3) is 1.00. The molecule has 0 aromatic rings. The van der Waals surface area contributed by atoms with Gasteiger partial charge < -0.3 is 15.3 Å². The zero-order valence-corrected chi connectivity index (χ0v) is 15.0. The summed E-state index contributed by atoms with van der Waals surface area (Å²) in [5, 5.41) is 31.3. The van der Waals surface area contributed by atoms with E-state index in [9.17, 15) is 15.3 Å². The van der Waals surface area contributed by atoms with Gasteiger partial charge in [0.25, 0.3) is 0 Å². The molecule has 0 aromatic heterocycles. The van der Waals surface area contributed by atoms with Crippen molar-refractivity contribution in [3.63, 3.8) is 0 Å². The third-order valence-corrected chi connectivity index (χ3v) is 8.79. The molecule has 4 fully saturated rings. The van der Waals surface area contributed by atoms with E-state index in [4.69, 9.17) is 0 Å². The molecule has 7 unspecified atom stereocenters. The van der Waals surface area contributed by atoms with Crippen molar-refractivity contribution in [2.24, 2.45) is 34.0 Å². The maximum atomic E-state index is 10.9. The van der Waals surface area contributed by atoms with Crippen LogP contribution in [0.5, 0.6) is 0 Å². The minimum absolute atomic E-state index is 0.0829. The summed E-state index contributed by atoms with van der Waals surface area (Å²) in [4.78, 5) is 0. The van der Waals surface area contributed by atoms with Crippen LogP contribution in [0.3, 0.4) is 0 Å². The van der Waals surface area contributed by atoms with Crippen LogP contribution < -0.4 is 0 Å². The van der Waals surface area contributed by atoms with E-state index >= 15 is 0 Å². The lowest BCUT2D eigenvalue weighted by atomic mass is 9.41. The average molecular weight is 322 g/mol. The fourth-order valence-corrected chi connectivity index (χ4v) is 8.30. The van der Waals surface area contributed by atoms with Gasteiger partial charge >= 0.3 is 0 Å². The summed E-state index contributed by atoms with van der Waals surface area (Å²) in [6, 6.07) is 0. The Hall–Kier alpha value is -0.120. The summed E-state index contributed by atoms with van der Waals surface area (Å²) in [6.45, 7) is 7.05. The van der Waals surface area contributed by atoms with Gasteiger partial charge in [0.1, 0.15) is 0 Å². The number of hydrogen-bond acceptors (Lipinski definition) is 3. The Morgan fingerprint density at radius 2 is 1.70 bits per heavy atom. The first-order valence-corrected chi connectivity index (χ1v) is 9.67. The second-order valence-electron chi connectivity index (χ2n) is 10.5. The monoisotopic (exact) mass is 322 g/mol. The normalized spacial score (nSPS) is 57.7. The molecule has 3 heteroatoms. The van der Waals surface area contributed by atoms with Gasteiger partial charge in [-0.1, -0.05) is 20.8 Å². The Labute approximate surface area is 140 Å². The smallest absolute Gasteiger partial charge is 0.0910 e.